The molecule has 0 spiro atoms. The Kier molecular flexibility index (Phi) is 5.18. The zero-order valence-electron chi connectivity index (χ0n) is 13.8. The molecule has 0 aliphatic heterocycles. The van der Waals surface area contributed by atoms with Gasteiger partial charge >= 0.3 is 0 Å². The van der Waals surface area contributed by atoms with Crippen LogP contribution in [-0.2, 0) is 13.1 Å². The number of methoxy groups -OCH3 is 1. The maximum absolute atomic E-state index is 6.10. The van der Waals surface area contributed by atoms with Gasteiger partial charge in [0.2, 0.25) is 0 Å². The van der Waals surface area contributed by atoms with Crippen molar-refractivity contribution in [1.82, 2.24) is 14.5 Å². The van der Waals surface area contributed by atoms with Gasteiger partial charge in [0.15, 0.2) is 0 Å². The summed E-state index contributed by atoms with van der Waals surface area (Å²) in [4.78, 5) is 6.31. The Bertz CT molecular complexity index is 785. The number of rotatable bonds is 6. The van der Waals surface area contributed by atoms with Gasteiger partial charge in [-0.2, -0.15) is 0 Å². The lowest BCUT2D eigenvalue weighted by molar-refractivity contribution is 0.310. The molecule has 0 atom stereocenters. The largest absolute Gasteiger partial charge is 0.496 e. The van der Waals surface area contributed by atoms with E-state index >= 15 is 0 Å². The molecule has 124 valence electrons. The molecule has 0 aliphatic rings. The normalized spacial score (nSPS) is 11.0. The molecule has 0 saturated heterocycles. The smallest absolute Gasteiger partial charge is 0.123 e. The van der Waals surface area contributed by atoms with Crippen LogP contribution in [0.5, 0.6) is 5.75 Å². The molecule has 0 saturated carbocycles. The zero-order valence-corrected chi connectivity index (χ0v) is 14.6. The van der Waals surface area contributed by atoms with Gasteiger partial charge in [0.05, 0.1) is 13.4 Å². The lowest BCUT2D eigenvalue weighted by Crippen LogP contribution is -2.17. The highest BCUT2D eigenvalue weighted by Crippen LogP contribution is 2.24. The average Bonchev–Trinajstić information content (AvgIpc) is 3.10. The summed E-state index contributed by atoms with van der Waals surface area (Å²) in [7, 11) is 3.77. The highest BCUT2D eigenvalue weighted by atomic mass is 35.5. The van der Waals surface area contributed by atoms with E-state index < -0.39 is 0 Å². The quantitative estimate of drug-likeness (QED) is 0.674. The van der Waals surface area contributed by atoms with Crippen molar-refractivity contribution < 1.29 is 4.74 Å². The van der Waals surface area contributed by atoms with Crippen molar-refractivity contribution in [3.8, 4) is 11.4 Å². The molecule has 0 unspecified atom stereocenters. The van der Waals surface area contributed by atoms with Gasteiger partial charge in [-0.1, -0.05) is 23.7 Å². The van der Waals surface area contributed by atoms with Crippen LogP contribution in [0.15, 0.2) is 61.2 Å². The van der Waals surface area contributed by atoms with E-state index in [1.54, 1.807) is 19.6 Å². The third-order valence-electron chi connectivity index (χ3n) is 3.87. The minimum atomic E-state index is 0.726. The predicted molar refractivity (Wildman–Crippen MR) is 96.7 cm³/mol. The third kappa shape index (κ3) is 3.96. The van der Waals surface area contributed by atoms with Crippen molar-refractivity contribution >= 4 is 11.6 Å². The second kappa shape index (κ2) is 7.51. The minimum absolute atomic E-state index is 0.726. The maximum Gasteiger partial charge on any atom is 0.123 e. The first kappa shape index (κ1) is 16.6. The summed E-state index contributed by atoms with van der Waals surface area (Å²) in [5, 5.41) is 0.726. The standard InChI is InChI=1S/C19H20ClN3O/c1-22(13-16-11-17(20)5-8-19(16)24-2)12-15-3-6-18(7-4-15)23-10-9-21-14-23/h3-11,14H,12-13H2,1-2H3. The van der Waals surface area contributed by atoms with Crippen LogP contribution in [0, 0.1) is 0 Å². The van der Waals surface area contributed by atoms with E-state index in [-0.39, 0.29) is 0 Å². The first-order chi connectivity index (χ1) is 11.7. The molecule has 0 fully saturated rings. The summed E-state index contributed by atoms with van der Waals surface area (Å²) in [5.41, 5.74) is 3.44. The fourth-order valence-electron chi connectivity index (χ4n) is 2.71. The van der Waals surface area contributed by atoms with E-state index in [0.29, 0.717) is 0 Å². The van der Waals surface area contributed by atoms with Crippen molar-refractivity contribution in [2.24, 2.45) is 0 Å². The van der Waals surface area contributed by atoms with Crippen LogP contribution < -0.4 is 4.74 Å². The van der Waals surface area contributed by atoms with Crippen LogP contribution in [-0.4, -0.2) is 28.6 Å². The van der Waals surface area contributed by atoms with Crippen molar-refractivity contribution in [2.75, 3.05) is 14.2 Å². The summed E-state index contributed by atoms with van der Waals surface area (Å²) in [6, 6.07) is 14.2. The van der Waals surface area contributed by atoms with Gasteiger partial charge in [-0.15, -0.1) is 0 Å². The lowest BCUT2D eigenvalue weighted by Gasteiger charge is -2.19. The van der Waals surface area contributed by atoms with Crippen LogP contribution in [0.1, 0.15) is 11.1 Å². The monoisotopic (exact) mass is 341 g/mol. The molecule has 2 aromatic carbocycles. The molecule has 1 aromatic heterocycles. The molecule has 0 N–H and O–H groups in total. The number of hydrogen-bond donors (Lipinski definition) is 0. The Balaban J connectivity index is 1.67. The third-order valence-corrected chi connectivity index (χ3v) is 4.11. The Morgan fingerprint density at radius 2 is 1.92 bits per heavy atom. The molecular weight excluding hydrogens is 322 g/mol. The van der Waals surface area contributed by atoms with Crippen molar-refractivity contribution in [3.05, 3.63) is 77.3 Å². The molecule has 0 amide bonds. The van der Waals surface area contributed by atoms with E-state index in [9.17, 15) is 0 Å². The van der Waals surface area contributed by atoms with E-state index in [1.807, 2.05) is 29.0 Å². The zero-order chi connectivity index (χ0) is 16.9. The fourth-order valence-corrected chi connectivity index (χ4v) is 2.91. The van der Waals surface area contributed by atoms with Crippen molar-refractivity contribution in [1.29, 1.82) is 0 Å². The Labute approximate surface area is 147 Å². The van der Waals surface area contributed by atoms with Crippen LogP contribution in [0.4, 0.5) is 0 Å². The molecule has 0 radical (unpaired) electrons. The second-order valence-corrected chi connectivity index (χ2v) is 6.20. The molecule has 3 aromatic rings. The Morgan fingerprint density at radius 1 is 1.12 bits per heavy atom. The summed E-state index contributed by atoms with van der Waals surface area (Å²) < 4.78 is 7.40. The van der Waals surface area contributed by atoms with Crippen LogP contribution in [0.3, 0.4) is 0 Å². The van der Waals surface area contributed by atoms with E-state index in [1.165, 1.54) is 5.56 Å². The summed E-state index contributed by atoms with van der Waals surface area (Å²) in [6.45, 7) is 1.62. The molecule has 4 nitrogen and oxygen atoms in total. The van der Waals surface area contributed by atoms with Crippen molar-refractivity contribution in [3.63, 3.8) is 0 Å². The van der Waals surface area contributed by atoms with Crippen molar-refractivity contribution in [2.45, 2.75) is 13.1 Å². The van der Waals surface area contributed by atoms with Gasteiger partial charge in [-0.3, -0.25) is 4.90 Å². The number of aromatic nitrogens is 2. The summed E-state index contributed by atoms with van der Waals surface area (Å²) in [6.07, 6.45) is 5.51. The molecule has 24 heavy (non-hydrogen) atoms. The first-order valence-electron chi connectivity index (χ1n) is 7.74. The summed E-state index contributed by atoms with van der Waals surface area (Å²) >= 11 is 6.10. The van der Waals surface area contributed by atoms with Crippen LogP contribution >= 0.6 is 11.6 Å². The molecular formula is C19H20ClN3O. The van der Waals surface area contributed by atoms with E-state index in [0.717, 1.165) is 35.1 Å². The van der Waals surface area contributed by atoms with Crippen LogP contribution in [0.25, 0.3) is 5.69 Å². The number of ether oxygens (including phenoxy) is 1. The Hall–Kier alpha value is -2.30. The molecule has 0 bridgehead atoms. The number of benzene rings is 2. The molecule has 1 heterocycles. The number of imidazole rings is 1. The fraction of sp³-hybridized carbons (Fsp3) is 0.211. The molecule has 5 heteroatoms. The van der Waals surface area contributed by atoms with E-state index in [2.05, 4.69) is 41.2 Å². The predicted octanol–water partition coefficient (Wildman–Crippen LogP) is 4.17. The molecule has 0 aliphatic carbocycles. The average molecular weight is 342 g/mol. The number of nitrogens with zero attached hydrogens (tertiary/aromatic N) is 3. The first-order valence-corrected chi connectivity index (χ1v) is 8.12. The lowest BCUT2D eigenvalue weighted by atomic mass is 10.1. The van der Waals surface area contributed by atoms with Gasteiger partial charge in [-0.25, -0.2) is 4.98 Å². The SMILES string of the molecule is COc1ccc(Cl)cc1CN(C)Cc1ccc(-n2ccnc2)cc1. The summed E-state index contributed by atoms with van der Waals surface area (Å²) in [5.74, 6) is 0.863. The van der Waals surface area contributed by atoms with Gasteiger partial charge in [0.1, 0.15) is 5.75 Å². The number of halogens is 1. The van der Waals surface area contributed by atoms with Gasteiger partial charge in [-0.05, 0) is 42.9 Å². The highest BCUT2D eigenvalue weighted by Gasteiger charge is 2.08. The van der Waals surface area contributed by atoms with E-state index in [4.69, 9.17) is 16.3 Å². The number of hydrogen-bond acceptors (Lipinski definition) is 3. The topological polar surface area (TPSA) is 30.3 Å². The van der Waals surface area contributed by atoms with Gasteiger partial charge in [0.25, 0.3) is 0 Å². The molecule has 3 rings (SSSR count). The van der Waals surface area contributed by atoms with Gasteiger partial charge in [0, 0.05) is 41.8 Å². The van der Waals surface area contributed by atoms with Crippen LogP contribution in [0.2, 0.25) is 5.02 Å². The Morgan fingerprint density at radius 3 is 2.58 bits per heavy atom. The second-order valence-electron chi connectivity index (χ2n) is 5.76. The van der Waals surface area contributed by atoms with Gasteiger partial charge < -0.3 is 9.30 Å². The minimum Gasteiger partial charge on any atom is -0.496 e. The highest BCUT2D eigenvalue weighted by molar-refractivity contribution is 6.30. The maximum atomic E-state index is 6.10.